The molecule has 0 aliphatic rings. The van der Waals surface area contributed by atoms with Gasteiger partial charge in [-0.25, -0.2) is 4.98 Å². The molecule has 0 atom stereocenters. The van der Waals surface area contributed by atoms with Crippen molar-refractivity contribution in [2.24, 2.45) is 0 Å². The van der Waals surface area contributed by atoms with E-state index in [-0.39, 0.29) is 0 Å². The van der Waals surface area contributed by atoms with Gasteiger partial charge >= 0.3 is 0 Å². The third-order valence-corrected chi connectivity index (χ3v) is 9.57. The lowest BCUT2D eigenvalue weighted by atomic mass is 9.96. The maximum atomic E-state index is 5.44. The summed E-state index contributed by atoms with van der Waals surface area (Å²) in [5.74, 6) is 0.644. The molecule has 7 aromatic carbocycles. The fourth-order valence-electron chi connectivity index (χ4n) is 7.39. The quantitative estimate of drug-likeness (QED) is 0.198. The van der Waals surface area contributed by atoms with Crippen LogP contribution in [0.4, 0.5) is 0 Å². The normalized spacial score (nSPS) is 11.8. The molecule has 3 aromatic heterocycles. The summed E-state index contributed by atoms with van der Waals surface area (Å²) in [5, 5.41) is 8.30. The van der Waals surface area contributed by atoms with Gasteiger partial charge in [0.15, 0.2) is 5.65 Å². The Morgan fingerprint density at radius 3 is 2.00 bits per heavy atom. The molecule has 0 spiro atoms. The Hall–Kier alpha value is -6.52. The van der Waals surface area contributed by atoms with Crippen molar-refractivity contribution in [2.75, 3.05) is 0 Å². The Morgan fingerprint density at radius 2 is 1.12 bits per heavy atom. The molecule has 0 bridgehead atoms. The van der Waals surface area contributed by atoms with Gasteiger partial charge in [0.05, 0.1) is 16.7 Å². The zero-order valence-corrected chi connectivity index (χ0v) is 26.0. The SMILES string of the molecule is c1ccc(-n2ccc3c(-c4cccc(-c5cccc6ccccc56)c4)nc(-n4c5ccccc5c5c6ccccc6ccc54)nc32)cc1. The van der Waals surface area contributed by atoms with E-state index in [1.54, 1.807) is 0 Å². The fraction of sp³-hybridized carbons (Fsp3) is 0. The highest BCUT2D eigenvalue weighted by atomic mass is 15.2. The number of para-hydroxylation sites is 2. The monoisotopic (exact) mass is 612 g/mol. The molecule has 10 rings (SSSR count). The molecule has 224 valence electrons. The van der Waals surface area contributed by atoms with Gasteiger partial charge in [-0.3, -0.25) is 4.57 Å². The van der Waals surface area contributed by atoms with E-state index < -0.39 is 0 Å². The zero-order valence-electron chi connectivity index (χ0n) is 26.0. The molecule has 0 aliphatic heterocycles. The summed E-state index contributed by atoms with van der Waals surface area (Å²) in [6.07, 6.45) is 2.11. The zero-order chi connectivity index (χ0) is 31.6. The highest BCUT2D eigenvalue weighted by molar-refractivity contribution is 6.21. The number of hydrogen-bond acceptors (Lipinski definition) is 2. The molecule has 3 heterocycles. The van der Waals surface area contributed by atoms with Crippen molar-refractivity contribution in [3.63, 3.8) is 0 Å². The topological polar surface area (TPSA) is 35.6 Å². The van der Waals surface area contributed by atoms with Crippen molar-refractivity contribution in [1.82, 2.24) is 19.1 Å². The average molecular weight is 613 g/mol. The molecule has 0 amide bonds. The summed E-state index contributed by atoms with van der Waals surface area (Å²) >= 11 is 0. The molecule has 4 nitrogen and oxygen atoms in total. The Kier molecular flexibility index (Phi) is 5.84. The fourth-order valence-corrected chi connectivity index (χ4v) is 7.39. The van der Waals surface area contributed by atoms with E-state index in [1.165, 1.54) is 37.9 Å². The minimum Gasteiger partial charge on any atom is -0.301 e. The standard InChI is InChI=1S/C44H28N4/c1-2-17-33(18-3-1)47-27-26-38-42(32-16-10-15-31(28-32)35-22-11-14-29-12-4-6-19-34(29)35)45-44(46-43(38)47)48-39-23-9-8-21-37(39)41-36-20-7-5-13-30(36)24-25-40(41)48/h1-28H. The van der Waals surface area contributed by atoms with Gasteiger partial charge in [0.2, 0.25) is 5.95 Å². The second-order valence-corrected chi connectivity index (χ2v) is 12.3. The second kappa shape index (κ2) is 10.5. The average Bonchev–Trinajstić information content (AvgIpc) is 3.74. The maximum Gasteiger partial charge on any atom is 0.237 e. The Morgan fingerprint density at radius 1 is 0.438 bits per heavy atom. The van der Waals surface area contributed by atoms with Crippen LogP contribution in [0, 0.1) is 0 Å². The van der Waals surface area contributed by atoms with Gasteiger partial charge in [-0.15, -0.1) is 0 Å². The molecule has 0 saturated heterocycles. The van der Waals surface area contributed by atoms with Crippen molar-refractivity contribution >= 4 is 54.4 Å². The predicted molar refractivity (Wildman–Crippen MR) is 199 cm³/mol. The minimum absolute atomic E-state index is 0.644. The van der Waals surface area contributed by atoms with Crippen LogP contribution >= 0.6 is 0 Å². The summed E-state index contributed by atoms with van der Waals surface area (Å²) < 4.78 is 4.40. The molecular weight excluding hydrogens is 585 g/mol. The maximum absolute atomic E-state index is 5.44. The molecule has 0 saturated carbocycles. The van der Waals surface area contributed by atoms with Gasteiger partial charge in [0.1, 0.15) is 0 Å². The van der Waals surface area contributed by atoms with Gasteiger partial charge in [0, 0.05) is 33.6 Å². The van der Waals surface area contributed by atoms with E-state index >= 15 is 0 Å². The number of fused-ring (bicyclic) bond motifs is 7. The molecule has 0 unspecified atom stereocenters. The first-order valence-electron chi connectivity index (χ1n) is 16.3. The van der Waals surface area contributed by atoms with Crippen molar-refractivity contribution in [3.8, 4) is 34.0 Å². The van der Waals surface area contributed by atoms with Gasteiger partial charge in [-0.05, 0) is 69.1 Å². The molecule has 0 fully saturated rings. The van der Waals surface area contributed by atoms with E-state index in [2.05, 4.69) is 173 Å². The van der Waals surface area contributed by atoms with Gasteiger partial charge in [-0.2, -0.15) is 4.98 Å². The van der Waals surface area contributed by atoms with E-state index in [9.17, 15) is 0 Å². The highest BCUT2D eigenvalue weighted by Crippen LogP contribution is 2.38. The molecule has 48 heavy (non-hydrogen) atoms. The summed E-state index contributed by atoms with van der Waals surface area (Å²) in [7, 11) is 0. The Bertz CT molecular complexity index is 2840. The van der Waals surface area contributed by atoms with Gasteiger partial charge < -0.3 is 4.57 Å². The van der Waals surface area contributed by atoms with Crippen LogP contribution in [-0.4, -0.2) is 19.1 Å². The van der Waals surface area contributed by atoms with Crippen molar-refractivity contribution in [3.05, 3.63) is 170 Å². The lowest BCUT2D eigenvalue weighted by molar-refractivity contribution is 0.988. The Balaban J connectivity index is 1.28. The van der Waals surface area contributed by atoms with Crippen molar-refractivity contribution < 1.29 is 0 Å². The molecule has 4 heteroatoms. The smallest absolute Gasteiger partial charge is 0.237 e. The lowest BCUT2D eigenvalue weighted by Crippen LogP contribution is -2.05. The van der Waals surface area contributed by atoms with Gasteiger partial charge in [0.25, 0.3) is 0 Å². The summed E-state index contributed by atoms with van der Waals surface area (Å²) in [5.41, 5.74) is 8.40. The van der Waals surface area contributed by atoms with E-state index in [4.69, 9.17) is 9.97 Å². The minimum atomic E-state index is 0.644. The largest absolute Gasteiger partial charge is 0.301 e. The Labute approximate surface area is 276 Å². The van der Waals surface area contributed by atoms with E-state index in [0.717, 1.165) is 44.6 Å². The van der Waals surface area contributed by atoms with Crippen LogP contribution < -0.4 is 0 Å². The van der Waals surface area contributed by atoms with Crippen LogP contribution in [0.5, 0.6) is 0 Å². The molecular formula is C44H28N4. The van der Waals surface area contributed by atoms with Crippen LogP contribution in [0.3, 0.4) is 0 Å². The number of benzene rings is 7. The number of nitrogens with zero attached hydrogens (tertiary/aromatic N) is 4. The van der Waals surface area contributed by atoms with E-state index in [0.29, 0.717) is 5.95 Å². The predicted octanol–water partition coefficient (Wildman–Crippen LogP) is 11.2. The summed E-state index contributed by atoms with van der Waals surface area (Å²) in [4.78, 5) is 10.8. The first-order chi connectivity index (χ1) is 23.8. The first-order valence-corrected chi connectivity index (χ1v) is 16.3. The highest BCUT2D eigenvalue weighted by Gasteiger charge is 2.20. The number of rotatable bonds is 4. The summed E-state index contributed by atoms with van der Waals surface area (Å²) in [6.45, 7) is 0. The van der Waals surface area contributed by atoms with Crippen LogP contribution in [0.25, 0.3) is 88.4 Å². The molecule has 0 radical (unpaired) electrons. The van der Waals surface area contributed by atoms with Crippen LogP contribution in [0.2, 0.25) is 0 Å². The van der Waals surface area contributed by atoms with E-state index in [1.807, 2.05) is 6.07 Å². The molecule has 0 aliphatic carbocycles. The van der Waals surface area contributed by atoms with Crippen LogP contribution in [-0.2, 0) is 0 Å². The number of aromatic nitrogens is 4. The summed E-state index contributed by atoms with van der Waals surface area (Å²) in [6, 6.07) is 58.0. The molecule has 10 aromatic rings. The third-order valence-electron chi connectivity index (χ3n) is 9.57. The van der Waals surface area contributed by atoms with Gasteiger partial charge in [-0.1, -0.05) is 127 Å². The van der Waals surface area contributed by atoms with Crippen LogP contribution in [0.15, 0.2) is 170 Å². The third kappa shape index (κ3) is 4.03. The number of hydrogen-bond donors (Lipinski definition) is 0. The van der Waals surface area contributed by atoms with Crippen LogP contribution in [0.1, 0.15) is 0 Å². The first kappa shape index (κ1) is 26.7. The van der Waals surface area contributed by atoms with Crippen molar-refractivity contribution in [1.29, 1.82) is 0 Å². The molecule has 0 N–H and O–H groups in total. The second-order valence-electron chi connectivity index (χ2n) is 12.3. The lowest BCUT2D eigenvalue weighted by Gasteiger charge is -2.13. The van der Waals surface area contributed by atoms with Crippen molar-refractivity contribution in [2.45, 2.75) is 0 Å².